The van der Waals surface area contributed by atoms with Crippen molar-refractivity contribution in [2.24, 2.45) is 0 Å². The Kier molecular flexibility index (Phi) is 9.25. The van der Waals surface area contributed by atoms with E-state index in [2.05, 4.69) is 10.3 Å². The minimum Gasteiger partial charge on any atom is -0.508 e. The van der Waals surface area contributed by atoms with Gasteiger partial charge in [-0.05, 0) is 54.4 Å². The summed E-state index contributed by atoms with van der Waals surface area (Å²) in [5, 5.41) is 33.2. The van der Waals surface area contributed by atoms with Crippen LogP contribution in [0.2, 0.25) is 10.3 Å². The number of aliphatic hydroxyl groups excluding tert-OH is 2. The molecule has 8 nitrogen and oxygen atoms in total. The van der Waals surface area contributed by atoms with Crippen molar-refractivity contribution in [3.05, 3.63) is 81.1 Å². The molecule has 3 aromatic rings. The molecule has 0 spiro atoms. The van der Waals surface area contributed by atoms with Crippen LogP contribution >= 0.6 is 23.2 Å². The average Bonchev–Trinajstić information content (AvgIpc) is 2.88. The largest absolute Gasteiger partial charge is 0.508 e. The van der Waals surface area contributed by atoms with Crippen molar-refractivity contribution in [1.29, 1.82) is 0 Å². The number of hydrogen-bond acceptors (Lipinski definition) is 8. The molecule has 0 aliphatic carbocycles. The number of nitrogens with zero attached hydrogens (tertiary/aromatic N) is 1. The van der Waals surface area contributed by atoms with Crippen LogP contribution in [0.25, 0.3) is 0 Å². The number of phenols is 1. The van der Waals surface area contributed by atoms with Gasteiger partial charge in [-0.3, -0.25) is 0 Å². The number of aromatic hydroxyl groups is 1. The van der Waals surface area contributed by atoms with Crippen LogP contribution in [0, 0.1) is 0 Å². The zero-order valence-corrected chi connectivity index (χ0v) is 21.0. The van der Waals surface area contributed by atoms with Gasteiger partial charge in [-0.25, -0.2) is 4.98 Å². The first-order valence-corrected chi connectivity index (χ1v) is 12.3. The van der Waals surface area contributed by atoms with Crippen LogP contribution in [-0.4, -0.2) is 52.7 Å². The summed E-state index contributed by atoms with van der Waals surface area (Å²) in [6.45, 7) is 1.70. The van der Waals surface area contributed by atoms with Gasteiger partial charge in [0.15, 0.2) is 17.6 Å². The van der Waals surface area contributed by atoms with E-state index in [1.807, 2.05) is 18.2 Å². The summed E-state index contributed by atoms with van der Waals surface area (Å²) in [7, 11) is 0. The van der Waals surface area contributed by atoms with E-state index >= 15 is 0 Å². The van der Waals surface area contributed by atoms with E-state index in [0.717, 1.165) is 17.5 Å². The molecule has 2 atom stereocenters. The molecule has 0 saturated heterocycles. The normalized spacial score (nSPS) is 15.6. The Morgan fingerprint density at radius 3 is 2.75 bits per heavy atom. The Balaban J connectivity index is 1.22. The molecule has 0 saturated carbocycles. The second-order valence-electron chi connectivity index (χ2n) is 8.45. The lowest BCUT2D eigenvalue weighted by molar-refractivity contribution is 0.00262. The highest BCUT2D eigenvalue weighted by atomic mass is 35.5. The molecule has 4 N–H and O–H groups in total. The number of nitrogens with one attached hydrogen (secondary N) is 1. The highest BCUT2D eigenvalue weighted by molar-refractivity contribution is 6.32. The summed E-state index contributed by atoms with van der Waals surface area (Å²) < 4.78 is 17.6. The first-order chi connectivity index (χ1) is 17.4. The molecule has 1 aliphatic heterocycles. The van der Waals surface area contributed by atoms with Crippen molar-refractivity contribution in [3.8, 4) is 17.2 Å². The standard InChI is InChI=1S/C26H28Cl2N2O6/c27-25-6-3-18(26(28)30-25)13-34-14-20-15-35-23-5-1-16(9-24(23)36-20)7-8-29-11-22(33)17-2-4-21(32)19(10-17)12-31/h1-6,9-10,20,22,29,31-33H,7-8,11-15H2/t20-,22+/m1/s1. The molecule has 0 fully saturated rings. The summed E-state index contributed by atoms with van der Waals surface area (Å²) >= 11 is 11.9. The van der Waals surface area contributed by atoms with Crippen molar-refractivity contribution in [2.45, 2.75) is 31.8 Å². The quantitative estimate of drug-likeness (QED) is 0.217. The van der Waals surface area contributed by atoms with E-state index in [9.17, 15) is 15.3 Å². The number of benzene rings is 2. The van der Waals surface area contributed by atoms with Crippen molar-refractivity contribution in [3.63, 3.8) is 0 Å². The van der Waals surface area contributed by atoms with Gasteiger partial charge in [-0.1, -0.05) is 41.4 Å². The monoisotopic (exact) mass is 534 g/mol. The number of aliphatic hydroxyl groups is 2. The molecule has 10 heteroatoms. The smallest absolute Gasteiger partial charge is 0.162 e. The molecule has 36 heavy (non-hydrogen) atoms. The Morgan fingerprint density at radius 1 is 1.08 bits per heavy atom. The van der Waals surface area contributed by atoms with Crippen LogP contribution in [0.4, 0.5) is 0 Å². The zero-order valence-electron chi connectivity index (χ0n) is 19.5. The number of rotatable bonds is 11. The van der Waals surface area contributed by atoms with Gasteiger partial charge in [0.1, 0.15) is 22.7 Å². The van der Waals surface area contributed by atoms with Crippen molar-refractivity contribution >= 4 is 23.2 Å². The summed E-state index contributed by atoms with van der Waals surface area (Å²) in [6.07, 6.45) is -0.283. The summed E-state index contributed by atoms with van der Waals surface area (Å²) in [5.41, 5.74) is 2.83. The topological polar surface area (TPSA) is 113 Å². The van der Waals surface area contributed by atoms with Gasteiger partial charge in [0.2, 0.25) is 0 Å². The number of fused-ring (bicyclic) bond motifs is 1. The number of pyridine rings is 1. The zero-order chi connectivity index (χ0) is 25.5. The first-order valence-electron chi connectivity index (χ1n) is 11.6. The van der Waals surface area contributed by atoms with Gasteiger partial charge in [-0.15, -0.1) is 0 Å². The maximum absolute atomic E-state index is 10.4. The van der Waals surface area contributed by atoms with Crippen LogP contribution in [0.15, 0.2) is 48.5 Å². The van der Waals surface area contributed by atoms with Crippen LogP contribution in [0.3, 0.4) is 0 Å². The second-order valence-corrected chi connectivity index (χ2v) is 9.19. The molecule has 1 aromatic heterocycles. The van der Waals surface area contributed by atoms with E-state index in [1.54, 1.807) is 24.3 Å². The SMILES string of the molecule is OCc1cc([C@@H](O)CNCCc2ccc3c(c2)O[C@H](COCc2ccc(Cl)nc2Cl)CO3)ccc1O. The van der Waals surface area contributed by atoms with E-state index in [1.165, 1.54) is 6.07 Å². The molecule has 1 aliphatic rings. The molecule has 192 valence electrons. The fourth-order valence-electron chi connectivity index (χ4n) is 3.78. The second kappa shape index (κ2) is 12.6. The van der Waals surface area contributed by atoms with Gasteiger partial charge in [0.25, 0.3) is 0 Å². The van der Waals surface area contributed by atoms with E-state index in [-0.39, 0.29) is 18.5 Å². The number of ether oxygens (including phenoxy) is 3. The van der Waals surface area contributed by atoms with Crippen LogP contribution in [0.5, 0.6) is 17.2 Å². The van der Waals surface area contributed by atoms with E-state index < -0.39 is 6.10 Å². The lowest BCUT2D eigenvalue weighted by atomic mass is 10.1. The summed E-state index contributed by atoms with van der Waals surface area (Å²) in [6, 6.07) is 14.0. The van der Waals surface area contributed by atoms with E-state index in [0.29, 0.717) is 65.8 Å². The maximum Gasteiger partial charge on any atom is 0.162 e. The molecular weight excluding hydrogens is 507 g/mol. The molecule has 0 unspecified atom stereocenters. The minimum atomic E-state index is -0.754. The summed E-state index contributed by atoms with van der Waals surface area (Å²) in [5.74, 6) is 1.37. The third-order valence-electron chi connectivity index (χ3n) is 5.77. The highest BCUT2D eigenvalue weighted by Gasteiger charge is 2.22. The van der Waals surface area contributed by atoms with Gasteiger partial charge in [-0.2, -0.15) is 0 Å². The fourth-order valence-corrected chi connectivity index (χ4v) is 4.17. The van der Waals surface area contributed by atoms with E-state index in [4.69, 9.17) is 37.4 Å². The van der Waals surface area contributed by atoms with Crippen molar-refractivity contribution < 1.29 is 29.5 Å². The maximum atomic E-state index is 10.4. The number of hydrogen-bond donors (Lipinski definition) is 4. The number of halogens is 2. The Labute approximate surface area is 219 Å². The molecule has 0 bridgehead atoms. The summed E-state index contributed by atoms with van der Waals surface area (Å²) in [4.78, 5) is 4.00. The van der Waals surface area contributed by atoms with Gasteiger partial charge in [0.05, 0.1) is 25.9 Å². The Bertz CT molecular complexity index is 1180. The lowest BCUT2D eigenvalue weighted by Gasteiger charge is -2.27. The highest BCUT2D eigenvalue weighted by Crippen LogP contribution is 2.33. The molecular formula is C26H28Cl2N2O6. The van der Waals surface area contributed by atoms with Gasteiger partial charge in [0, 0.05) is 17.7 Å². The predicted molar refractivity (Wildman–Crippen MR) is 136 cm³/mol. The average molecular weight is 535 g/mol. The molecule has 0 radical (unpaired) electrons. The van der Waals surface area contributed by atoms with Gasteiger partial charge >= 0.3 is 0 Å². The van der Waals surface area contributed by atoms with Crippen LogP contribution in [0.1, 0.15) is 28.4 Å². The molecule has 2 heterocycles. The van der Waals surface area contributed by atoms with Gasteiger partial charge < -0.3 is 34.8 Å². The third kappa shape index (κ3) is 7.00. The molecule has 4 rings (SSSR count). The third-order valence-corrected chi connectivity index (χ3v) is 6.30. The first kappa shape index (κ1) is 26.5. The van der Waals surface area contributed by atoms with Crippen molar-refractivity contribution in [1.82, 2.24) is 10.3 Å². The van der Waals surface area contributed by atoms with Crippen LogP contribution < -0.4 is 14.8 Å². The number of aromatic nitrogens is 1. The fraction of sp³-hybridized carbons (Fsp3) is 0.346. The minimum absolute atomic E-state index is 0.0112. The lowest BCUT2D eigenvalue weighted by Crippen LogP contribution is -2.33. The Morgan fingerprint density at radius 2 is 1.94 bits per heavy atom. The van der Waals surface area contributed by atoms with Crippen molar-refractivity contribution in [2.75, 3.05) is 26.3 Å². The van der Waals surface area contributed by atoms with Crippen LogP contribution in [-0.2, 0) is 24.4 Å². The Hall–Kier alpha value is -2.59. The predicted octanol–water partition coefficient (Wildman–Crippen LogP) is 3.81. The molecule has 0 amide bonds. The molecule has 2 aromatic carbocycles.